The number of carbonyl (C=O) groups is 1. The minimum Gasteiger partial charge on any atom is -0.354 e. The van der Waals surface area contributed by atoms with Crippen LogP contribution in [0.4, 0.5) is 5.95 Å². The minimum atomic E-state index is 0.240. The Labute approximate surface area is 146 Å². The molecular formula is C17H23N5OS. The van der Waals surface area contributed by atoms with Crippen LogP contribution in [0.1, 0.15) is 42.3 Å². The van der Waals surface area contributed by atoms with Gasteiger partial charge in [0.25, 0.3) is 0 Å². The lowest BCUT2D eigenvalue weighted by atomic mass is 9.98. The average Bonchev–Trinajstić information content (AvgIpc) is 3.06. The van der Waals surface area contributed by atoms with Gasteiger partial charge in [0.05, 0.1) is 5.01 Å². The second-order valence-corrected chi connectivity index (χ2v) is 7.00. The zero-order valence-corrected chi connectivity index (χ0v) is 14.8. The van der Waals surface area contributed by atoms with Gasteiger partial charge in [0.2, 0.25) is 11.9 Å². The van der Waals surface area contributed by atoms with E-state index in [1.807, 2.05) is 11.8 Å². The fourth-order valence-corrected chi connectivity index (χ4v) is 3.88. The van der Waals surface area contributed by atoms with Crippen LogP contribution in [0.3, 0.4) is 0 Å². The summed E-state index contributed by atoms with van der Waals surface area (Å²) in [6.07, 6.45) is 6.94. The standard InChI is InChI=1S/C17H23N5OS/c1-13-12-24-16(21-13)14-5-3-10-22(11-14)15(23)6-2-7-18-17-19-8-4-9-20-17/h4,8-9,12,14H,2-3,5-7,10-11H2,1H3,(H,18,19,20). The molecule has 2 aromatic heterocycles. The molecule has 0 aromatic carbocycles. The maximum Gasteiger partial charge on any atom is 0.222 e. The molecule has 3 heterocycles. The van der Waals surface area contributed by atoms with Crippen LogP contribution in [0.15, 0.2) is 23.8 Å². The van der Waals surface area contributed by atoms with Crippen molar-refractivity contribution in [3.8, 4) is 0 Å². The Kier molecular flexibility index (Phi) is 5.74. The molecule has 0 aliphatic carbocycles. The molecule has 128 valence electrons. The summed E-state index contributed by atoms with van der Waals surface area (Å²) < 4.78 is 0. The number of hydrogen-bond acceptors (Lipinski definition) is 6. The molecule has 6 nitrogen and oxygen atoms in total. The molecule has 1 amide bonds. The maximum absolute atomic E-state index is 12.4. The number of carbonyl (C=O) groups excluding carboxylic acids is 1. The number of likely N-dealkylation sites (tertiary alicyclic amines) is 1. The summed E-state index contributed by atoms with van der Waals surface area (Å²) >= 11 is 1.72. The van der Waals surface area contributed by atoms with Crippen LogP contribution >= 0.6 is 11.3 Å². The van der Waals surface area contributed by atoms with E-state index in [0.29, 0.717) is 24.8 Å². The van der Waals surface area contributed by atoms with Gasteiger partial charge in [0, 0.05) is 55.4 Å². The highest BCUT2D eigenvalue weighted by Gasteiger charge is 2.26. The SMILES string of the molecule is Cc1csc(C2CCCN(C(=O)CCCNc3ncccn3)C2)n1. The lowest BCUT2D eigenvalue weighted by molar-refractivity contribution is -0.132. The summed E-state index contributed by atoms with van der Waals surface area (Å²) in [6, 6.07) is 1.78. The molecule has 0 saturated carbocycles. The Bertz CT molecular complexity index is 660. The van der Waals surface area contributed by atoms with Gasteiger partial charge < -0.3 is 10.2 Å². The van der Waals surface area contributed by atoms with Gasteiger partial charge in [-0.25, -0.2) is 15.0 Å². The molecule has 7 heteroatoms. The molecule has 1 atom stereocenters. The van der Waals surface area contributed by atoms with Gasteiger partial charge in [-0.2, -0.15) is 0 Å². The summed E-state index contributed by atoms with van der Waals surface area (Å²) in [4.78, 5) is 27.3. The summed E-state index contributed by atoms with van der Waals surface area (Å²) in [7, 11) is 0. The first kappa shape index (κ1) is 16.8. The van der Waals surface area contributed by atoms with Gasteiger partial charge >= 0.3 is 0 Å². The van der Waals surface area contributed by atoms with Crippen molar-refractivity contribution >= 4 is 23.2 Å². The maximum atomic E-state index is 12.4. The number of thiazole rings is 1. The van der Waals surface area contributed by atoms with Crippen LogP contribution < -0.4 is 5.32 Å². The van der Waals surface area contributed by atoms with Crippen molar-refractivity contribution in [3.63, 3.8) is 0 Å². The Hall–Kier alpha value is -2.02. The summed E-state index contributed by atoms with van der Waals surface area (Å²) in [6.45, 7) is 4.41. The number of aryl methyl sites for hydroxylation is 1. The number of rotatable bonds is 6. The Morgan fingerprint density at radius 3 is 3.00 bits per heavy atom. The van der Waals surface area contributed by atoms with E-state index in [1.54, 1.807) is 29.8 Å². The number of piperidine rings is 1. The largest absolute Gasteiger partial charge is 0.354 e. The van der Waals surface area contributed by atoms with E-state index in [9.17, 15) is 4.79 Å². The topological polar surface area (TPSA) is 71.0 Å². The van der Waals surface area contributed by atoms with Gasteiger partial charge in [0.1, 0.15) is 0 Å². The van der Waals surface area contributed by atoms with Gasteiger partial charge in [0.15, 0.2) is 0 Å². The molecule has 1 aliphatic heterocycles. The first-order chi connectivity index (χ1) is 11.7. The third-order valence-corrected chi connectivity index (χ3v) is 5.30. The third kappa shape index (κ3) is 4.50. The van der Waals surface area contributed by atoms with Crippen molar-refractivity contribution in [2.24, 2.45) is 0 Å². The number of hydrogen-bond donors (Lipinski definition) is 1. The fraction of sp³-hybridized carbons (Fsp3) is 0.529. The van der Waals surface area contributed by atoms with E-state index in [1.165, 1.54) is 5.01 Å². The predicted octanol–water partition coefficient (Wildman–Crippen LogP) is 2.84. The first-order valence-corrected chi connectivity index (χ1v) is 9.31. The minimum absolute atomic E-state index is 0.240. The average molecular weight is 345 g/mol. The summed E-state index contributed by atoms with van der Waals surface area (Å²) in [5.74, 6) is 1.25. The third-order valence-electron chi connectivity index (χ3n) is 4.18. The zero-order chi connectivity index (χ0) is 16.8. The van der Waals surface area contributed by atoms with E-state index in [-0.39, 0.29) is 5.91 Å². The second-order valence-electron chi connectivity index (χ2n) is 6.11. The van der Waals surface area contributed by atoms with Gasteiger partial charge in [-0.3, -0.25) is 4.79 Å². The number of nitrogens with one attached hydrogen (secondary N) is 1. The van der Waals surface area contributed by atoms with Crippen molar-refractivity contribution in [3.05, 3.63) is 34.5 Å². The smallest absolute Gasteiger partial charge is 0.222 e. The molecule has 1 unspecified atom stereocenters. The molecule has 1 aliphatic rings. The Morgan fingerprint density at radius 2 is 2.25 bits per heavy atom. The van der Waals surface area contributed by atoms with Gasteiger partial charge in [-0.05, 0) is 32.3 Å². The molecule has 2 aromatic rings. The van der Waals surface area contributed by atoms with Crippen molar-refractivity contribution in [2.75, 3.05) is 25.0 Å². The molecule has 1 saturated heterocycles. The Morgan fingerprint density at radius 1 is 1.42 bits per heavy atom. The van der Waals surface area contributed by atoms with Crippen molar-refractivity contribution in [2.45, 2.75) is 38.5 Å². The highest BCUT2D eigenvalue weighted by Crippen LogP contribution is 2.29. The molecular weight excluding hydrogens is 322 g/mol. The van der Waals surface area contributed by atoms with E-state index in [0.717, 1.165) is 38.0 Å². The molecule has 1 fully saturated rings. The van der Waals surface area contributed by atoms with Crippen LogP contribution in [0.25, 0.3) is 0 Å². The molecule has 24 heavy (non-hydrogen) atoms. The highest BCUT2D eigenvalue weighted by molar-refractivity contribution is 7.09. The van der Waals surface area contributed by atoms with Crippen molar-refractivity contribution in [1.82, 2.24) is 19.9 Å². The van der Waals surface area contributed by atoms with Crippen LogP contribution in [0.5, 0.6) is 0 Å². The highest BCUT2D eigenvalue weighted by atomic mass is 32.1. The van der Waals surface area contributed by atoms with E-state index >= 15 is 0 Å². The molecule has 0 radical (unpaired) electrons. The number of nitrogens with zero attached hydrogens (tertiary/aromatic N) is 4. The molecule has 0 bridgehead atoms. The fourth-order valence-electron chi connectivity index (χ4n) is 2.95. The second kappa shape index (κ2) is 8.19. The van der Waals surface area contributed by atoms with Crippen molar-refractivity contribution in [1.29, 1.82) is 0 Å². The van der Waals surface area contributed by atoms with E-state index in [2.05, 4.69) is 25.6 Å². The van der Waals surface area contributed by atoms with Crippen LogP contribution in [0, 0.1) is 6.92 Å². The zero-order valence-electron chi connectivity index (χ0n) is 13.9. The quantitative estimate of drug-likeness (QED) is 0.815. The summed E-state index contributed by atoms with van der Waals surface area (Å²) in [5.41, 5.74) is 1.08. The van der Waals surface area contributed by atoms with Crippen LogP contribution in [-0.4, -0.2) is 45.4 Å². The lowest BCUT2D eigenvalue weighted by Gasteiger charge is -2.32. The molecule has 1 N–H and O–H groups in total. The number of amides is 1. The van der Waals surface area contributed by atoms with Gasteiger partial charge in [-0.1, -0.05) is 0 Å². The van der Waals surface area contributed by atoms with E-state index in [4.69, 9.17) is 0 Å². The molecule has 3 rings (SSSR count). The first-order valence-electron chi connectivity index (χ1n) is 8.43. The van der Waals surface area contributed by atoms with E-state index < -0.39 is 0 Å². The van der Waals surface area contributed by atoms with Crippen LogP contribution in [-0.2, 0) is 4.79 Å². The number of anilines is 1. The van der Waals surface area contributed by atoms with Crippen LogP contribution in [0.2, 0.25) is 0 Å². The Balaban J connectivity index is 1.43. The monoisotopic (exact) mass is 345 g/mol. The van der Waals surface area contributed by atoms with Crippen molar-refractivity contribution < 1.29 is 4.79 Å². The normalized spacial score (nSPS) is 17.7. The van der Waals surface area contributed by atoms with Gasteiger partial charge in [-0.15, -0.1) is 11.3 Å². The number of aromatic nitrogens is 3. The molecule has 0 spiro atoms. The predicted molar refractivity (Wildman–Crippen MR) is 95.2 cm³/mol. The lowest BCUT2D eigenvalue weighted by Crippen LogP contribution is -2.39. The summed E-state index contributed by atoms with van der Waals surface area (Å²) in [5, 5.41) is 6.40.